The fraction of sp³-hybridized carbons (Fsp3) is 0.0833. The molecule has 1 saturated heterocycles. The highest BCUT2D eigenvalue weighted by Gasteiger charge is 2.35. The van der Waals surface area contributed by atoms with Crippen LogP contribution in [0.3, 0.4) is 0 Å². The maximum absolute atomic E-state index is 13.9. The number of amides is 2. The molecule has 4 nitrogen and oxygen atoms in total. The van der Waals surface area contributed by atoms with E-state index in [1.54, 1.807) is 42.5 Å². The molecule has 0 radical (unpaired) electrons. The van der Waals surface area contributed by atoms with E-state index in [2.05, 4.69) is 15.9 Å². The predicted molar refractivity (Wildman–Crippen MR) is 123 cm³/mol. The van der Waals surface area contributed by atoms with Crippen molar-refractivity contribution < 1.29 is 18.7 Å². The van der Waals surface area contributed by atoms with Crippen LogP contribution in [0.2, 0.25) is 0 Å². The first kappa shape index (κ1) is 21.3. The highest BCUT2D eigenvalue weighted by molar-refractivity contribution is 9.10. The molecule has 0 N–H and O–H groups in total. The van der Waals surface area contributed by atoms with Gasteiger partial charge in [0.15, 0.2) is 0 Å². The molecule has 0 spiro atoms. The first-order valence-corrected chi connectivity index (χ1v) is 11.1. The number of rotatable bonds is 6. The van der Waals surface area contributed by atoms with Gasteiger partial charge in [0.05, 0.1) is 11.4 Å². The van der Waals surface area contributed by atoms with Crippen LogP contribution < -0.4 is 4.74 Å². The summed E-state index contributed by atoms with van der Waals surface area (Å²) in [5, 5.41) is -0.319. The Bertz CT molecular complexity index is 1180. The molecule has 1 fully saturated rings. The summed E-state index contributed by atoms with van der Waals surface area (Å²) in [5.41, 5.74) is 1.94. The summed E-state index contributed by atoms with van der Waals surface area (Å²) in [6.07, 6.45) is 1.64. The van der Waals surface area contributed by atoms with Crippen molar-refractivity contribution in [3.05, 3.63) is 105 Å². The minimum atomic E-state index is -0.348. The monoisotopic (exact) mass is 497 g/mol. The average molecular weight is 498 g/mol. The Labute approximate surface area is 191 Å². The fourth-order valence-corrected chi connectivity index (χ4v) is 4.37. The highest BCUT2D eigenvalue weighted by Crippen LogP contribution is 2.35. The Morgan fingerprint density at radius 3 is 2.58 bits per heavy atom. The van der Waals surface area contributed by atoms with E-state index in [-0.39, 0.29) is 30.1 Å². The molecule has 0 aromatic heterocycles. The summed E-state index contributed by atoms with van der Waals surface area (Å²) < 4.78 is 20.6. The van der Waals surface area contributed by atoms with Crippen LogP contribution in [0, 0.1) is 5.82 Å². The fourth-order valence-electron chi connectivity index (χ4n) is 3.10. The molecule has 7 heteroatoms. The van der Waals surface area contributed by atoms with E-state index in [9.17, 15) is 14.0 Å². The number of carbonyl (C=O) groups excluding carboxylic acids is 2. The van der Waals surface area contributed by atoms with Crippen LogP contribution in [-0.2, 0) is 17.9 Å². The van der Waals surface area contributed by atoms with Crippen molar-refractivity contribution in [2.24, 2.45) is 0 Å². The third-order valence-corrected chi connectivity index (χ3v) is 6.05. The van der Waals surface area contributed by atoms with Crippen molar-refractivity contribution in [3.8, 4) is 5.75 Å². The van der Waals surface area contributed by atoms with Crippen LogP contribution in [-0.4, -0.2) is 16.0 Å². The molecule has 1 heterocycles. The zero-order chi connectivity index (χ0) is 21.8. The summed E-state index contributed by atoms with van der Waals surface area (Å²) in [6.45, 7) is 0.259. The molecule has 0 unspecified atom stereocenters. The maximum Gasteiger partial charge on any atom is 0.293 e. The minimum Gasteiger partial charge on any atom is -0.488 e. The molecule has 156 valence electrons. The van der Waals surface area contributed by atoms with Crippen LogP contribution in [0.4, 0.5) is 9.18 Å². The lowest BCUT2D eigenvalue weighted by Crippen LogP contribution is -2.27. The van der Waals surface area contributed by atoms with Crippen molar-refractivity contribution in [3.63, 3.8) is 0 Å². The number of benzene rings is 3. The number of thioether (sulfide) groups is 1. The second-order valence-corrected chi connectivity index (χ2v) is 8.72. The Kier molecular flexibility index (Phi) is 6.53. The zero-order valence-corrected chi connectivity index (χ0v) is 18.7. The van der Waals surface area contributed by atoms with Gasteiger partial charge in [-0.1, -0.05) is 64.5 Å². The van der Waals surface area contributed by atoms with E-state index in [1.807, 2.05) is 30.3 Å². The lowest BCUT2D eigenvalue weighted by atomic mass is 10.1. The molecule has 0 saturated carbocycles. The zero-order valence-electron chi connectivity index (χ0n) is 16.3. The molecule has 31 heavy (non-hydrogen) atoms. The van der Waals surface area contributed by atoms with Gasteiger partial charge in [-0.05, 0) is 47.7 Å². The SMILES string of the molecule is O=C1S/C(=C/c2ccccc2OCc2ccccc2F)C(=O)N1Cc1cccc(Br)c1. The largest absolute Gasteiger partial charge is 0.488 e. The van der Waals surface area contributed by atoms with Gasteiger partial charge in [0.2, 0.25) is 0 Å². The predicted octanol–water partition coefficient (Wildman–Crippen LogP) is 6.40. The molecule has 1 aliphatic rings. The van der Waals surface area contributed by atoms with Gasteiger partial charge in [-0.25, -0.2) is 4.39 Å². The van der Waals surface area contributed by atoms with Crippen LogP contribution in [0.25, 0.3) is 6.08 Å². The van der Waals surface area contributed by atoms with E-state index in [0.717, 1.165) is 21.8 Å². The molecule has 1 aliphatic heterocycles. The van der Waals surface area contributed by atoms with E-state index in [1.165, 1.54) is 11.0 Å². The molecule has 2 amide bonds. The molecule has 3 aromatic carbocycles. The molecule has 4 rings (SSSR count). The Hall–Kier alpha value is -2.90. The van der Waals surface area contributed by atoms with Gasteiger partial charge in [0.1, 0.15) is 18.2 Å². The molecular weight excluding hydrogens is 481 g/mol. The van der Waals surface area contributed by atoms with E-state index in [4.69, 9.17) is 4.74 Å². The topological polar surface area (TPSA) is 46.6 Å². The summed E-state index contributed by atoms with van der Waals surface area (Å²) in [6, 6.07) is 21.0. The van der Waals surface area contributed by atoms with E-state index >= 15 is 0 Å². The molecule has 0 aliphatic carbocycles. The lowest BCUT2D eigenvalue weighted by Gasteiger charge is -2.13. The molecule has 0 bridgehead atoms. The van der Waals surface area contributed by atoms with Crippen molar-refractivity contribution in [1.82, 2.24) is 4.90 Å². The first-order chi connectivity index (χ1) is 15.0. The molecule has 3 aromatic rings. The van der Waals surface area contributed by atoms with Crippen LogP contribution in [0.15, 0.2) is 82.2 Å². The Balaban J connectivity index is 1.53. The average Bonchev–Trinajstić information content (AvgIpc) is 3.01. The number of nitrogens with zero attached hydrogens (tertiary/aromatic N) is 1. The highest BCUT2D eigenvalue weighted by atomic mass is 79.9. The Morgan fingerprint density at radius 2 is 1.77 bits per heavy atom. The van der Waals surface area contributed by atoms with Gasteiger partial charge < -0.3 is 4.74 Å². The number of imide groups is 1. The summed E-state index contributed by atoms with van der Waals surface area (Å²) in [4.78, 5) is 26.9. The number of halogens is 2. The first-order valence-electron chi connectivity index (χ1n) is 9.46. The number of hydrogen-bond donors (Lipinski definition) is 0. The summed E-state index contributed by atoms with van der Waals surface area (Å²) in [7, 11) is 0. The van der Waals surface area contributed by atoms with Crippen LogP contribution >= 0.6 is 27.7 Å². The number of ether oxygens (including phenoxy) is 1. The number of hydrogen-bond acceptors (Lipinski definition) is 4. The summed E-state index contributed by atoms with van der Waals surface area (Å²) in [5.74, 6) is -0.183. The summed E-state index contributed by atoms with van der Waals surface area (Å²) >= 11 is 4.30. The number of para-hydroxylation sites is 1. The molecule has 0 atom stereocenters. The van der Waals surface area contributed by atoms with Crippen LogP contribution in [0.5, 0.6) is 5.75 Å². The maximum atomic E-state index is 13.9. The van der Waals surface area contributed by atoms with Crippen molar-refractivity contribution in [2.45, 2.75) is 13.2 Å². The standard InChI is InChI=1S/C24H17BrFNO3S/c25-19-9-5-6-16(12-19)14-27-23(28)22(31-24(27)29)13-17-7-2-4-11-21(17)30-15-18-8-1-3-10-20(18)26/h1-13H,14-15H2/b22-13+. The van der Waals surface area contributed by atoms with E-state index in [0.29, 0.717) is 21.8 Å². The third kappa shape index (κ3) is 5.06. The van der Waals surface area contributed by atoms with Gasteiger partial charge in [0.25, 0.3) is 11.1 Å². The van der Waals surface area contributed by atoms with Gasteiger partial charge in [-0.2, -0.15) is 0 Å². The van der Waals surface area contributed by atoms with Gasteiger partial charge in [0, 0.05) is 15.6 Å². The van der Waals surface area contributed by atoms with Crippen LogP contribution in [0.1, 0.15) is 16.7 Å². The number of carbonyl (C=O) groups is 2. The van der Waals surface area contributed by atoms with Crippen molar-refractivity contribution >= 4 is 44.9 Å². The third-order valence-electron chi connectivity index (χ3n) is 4.65. The van der Waals surface area contributed by atoms with Gasteiger partial charge in [-0.15, -0.1) is 0 Å². The van der Waals surface area contributed by atoms with Crippen molar-refractivity contribution in [1.29, 1.82) is 0 Å². The Morgan fingerprint density at radius 1 is 1.00 bits per heavy atom. The van der Waals surface area contributed by atoms with Crippen molar-refractivity contribution in [2.75, 3.05) is 0 Å². The smallest absolute Gasteiger partial charge is 0.293 e. The second kappa shape index (κ2) is 9.49. The molecular formula is C24H17BrFNO3S. The quantitative estimate of drug-likeness (QED) is 0.369. The van der Waals surface area contributed by atoms with E-state index < -0.39 is 0 Å². The van der Waals surface area contributed by atoms with Gasteiger partial charge >= 0.3 is 0 Å². The lowest BCUT2D eigenvalue weighted by molar-refractivity contribution is -0.123. The normalized spacial score (nSPS) is 15.0. The second-order valence-electron chi connectivity index (χ2n) is 6.82. The minimum absolute atomic E-state index is 0.0574. The van der Waals surface area contributed by atoms with Gasteiger partial charge in [-0.3, -0.25) is 14.5 Å².